The Bertz CT molecular complexity index is 1470. The van der Waals surface area contributed by atoms with Crippen LogP contribution in [0.1, 0.15) is 29.2 Å². The Morgan fingerprint density at radius 2 is 2.03 bits per heavy atom. The molecule has 0 aliphatic carbocycles. The summed E-state index contributed by atoms with van der Waals surface area (Å²) in [5.41, 5.74) is 1.07. The molecule has 0 radical (unpaired) electrons. The fourth-order valence-electron chi connectivity index (χ4n) is 4.25. The smallest absolute Gasteiger partial charge is 0.407 e. The Labute approximate surface area is 213 Å². The molecule has 2 N–H and O–H groups in total. The van der Waals surface area contributed by atoms with Gasteiger partial charge in [-0.05, 0) is 37.1 Å². The first-order chi connectivity index (χ1) is 17.8. The van der Waals surface area contributed by atoms with E-state index in [0.29, 0.717) is 31.6 Å². The van der Waals surface area contributed by atoms with E-state index in [9.17, 15) is 23.5 Å². The number of carbonyl (C=O) groups excluding carboxylic acids is 1. The number of anilines is 1. The molecule has 192 valence electrons. The van der Waals surface area contributed by atoms with Crippen molar-refractivity contribution in [1.29, 1.82) is 0 Å². The van der Waals surface area contributed by atoms with E-state index in [1.165, 1.54) is 40.0 Å². The molecule has 0 spiro atoms. The third-order valence-corrected chi connectivity index (χ3v) is 6.26. The molecule has 11 nitrogen and oxygen atoms in total. The number of alkyl halides is 2. The number of hydrogen-bond donors (Lipinski definition) is 2. The Hall–Kier alpha value is -4.26. The Morgan fingerprint density at radius 3 is 2.76 bits per heavy atom. The van der Waals surface area contributed by atoms with Gasteiger partial charge in [-0.3, -0.25) is 9.48 Å². The monoisotopic (exact) mass is 531 g/mol. The van der Waals surface area contributed by atoms with E-state index in [2.05, 4.69) is 20.5 Å². The van der Waals surface area contributed by atoms with Crippen LogP contribution in [0.3, 0.4) is 0 Å². The SMILES string of the molecule is O=C(Nc1cn(C2CCN(C(=O)O)CC2)nc1-c1cc(Cl)ccc1OC(F)F)c1cnn2cccnc12. The molecule has 0 bridgehead atoms. The zero-order valence-corrected chi connectivity index (χ0v) is 19.8. The number of piperidine rings is 1. The summed E-state index contributed by atoms with van der Waals surface area (Å²) >= 11 is 6.16. The quantitative estimate of drug-likeness (QED) is 0.377. The summed E-state index contributed by atoms with van der Waals surface area (Å²) < 4.78 is 34.0. The Balaban J connectivity index is 1.53. The molecule has 4 aromatic rings. The maximum Gasteiger partial charge on any atom is 0.407 e. The van der Waals surface area contributed by atoms with Crippen molar-refractivity contribution >= 4 is 34.9 Å². The lowest BCUT2D eigenvalue weighted by molar-refractivity contribution is -0.0494. The number of fused-ring (bicyclic) bond motifs is 1. The summed E-state index contributed by atoms with van der Waals surface area (Å²) in [4.78, 5) is 30.0. The minimum absolute atomic E-state index is 0.155. The van der Waals surface area contributed by atoms with Gasteiger partial charge < -0.3 is 20.1 Å². The summed E-state index contributed by atoms with van der Waals surface area (Å²) in [6.07, 6.45) is 6.09. The molecule has 37 heavy (non-hydrogen) atoms. The van der Waals surface area contributed by atoms with E-state index in [-0.39, 0.29) is 39.3 Å². The maximum absolute atomic E-state index is 13.2. The number of aromatic nitrogens is 5. The molecule has 5 rings (SSSR count). The molecule has 0 saturated carbocycles. The largest absolute Gasteiger partial charge is 0.465 e. The Kier molecular flexibility index (Phi) is 6.61. The molecule has 0 unspecified atom stereocenters. The van der Waals surface area contributed by atoms with Crippen LogP contribution in [-0.4, -0.2) is 66.1 Å². The number of carboxylic acid groups (broad SMARTS) is 1. The minimum Gasteiger partial charge on any atom is -0.465 e. The highest BCUT2D eigenvalue weighted by atomic mass is 35.5. The van der Waals surface area contributed by atoms with Crippen LogP contribution in [-0.2, 0) is 0 Å². The number of nitrogens with one attached hydrogen (secondary N) is 1. The summed E-state index contributed by atoms with van der Waals surface area (Å²) in [5.74, 6) is -0.702. The molecule has 1 saturated heterocycles. The van der Waals surface area contributed by atoms with Gasteiger partial charge in [0.1, 0.15) is 17.0 Å². The van der Waals surface area contributed by atoms with Crippen molar-refractivity contribution in [2.45, 2.75) is 25.5 Å². The van der Waals surface area contributed by atoms with Crippen LogP contribution in [0.25, 0.3) is 16.9 Å². The van der Waals surface area contributed by atoms with Crippen LogP contribution in [0.5, 0.6) is 5.75 Å². The number of amides is 2. The van der Waals surface area contributed by atoms with Gasteiger partial charge in [0, 0.05) is 42.3 Å². The van der Waals surface area contributed by atoms with Gasteiger partial charge in [-0.15, -0.1) is 0 Å². The molecule has 1 aliphatic rings. The van der Waals surface area contributed by atoms with Gasteiger partial charge >= 0.3 is 12.7 Å². The third kappa shape index (κ3) is 5.03. The molecule has 14 heteroatoms. The van der Waals surface area contributed by atoms with Crippen molar-refractivity contribution in [3.63, 3.8) is 0 Å². The van der Waals surface area contributed by atoms with Crippen molar-refractivity contribution in [2.24, 2.45) is 0 Å². The van der Waals surface area contributed by atoms with Crippen molar-refractivity contribution in [2.75, 3.05) is 18.4 Å². The van der Waals surface area contributed by atoms with E-state index in [1.807, 2.05) is 0 Å². The van der Waals surface area contributed by atoms with Gasteiger partial charge in [0.25, 0.3) is 5.91 Å². The number of hydrogen-bond acceptors (Lipinski definition) is 6. The predicted octanol–water partition coefficient (Wildman–Crippen LogP) is 4.41. The molecule has 1 aliphatic heterocycles. The number of rotatable bonds is 6. The topological polar surface area (TPSA) is 127 Å². The van der Waals surface area contributed by atoms with E-state index < -0.39 is 18.6 Å². The fraction of sp³-hybridized carbons (Fsp3) is 0.261. The highest BCUT2D eigenvalue weighted by Gasteiger charge is 2.27. The van der Waals surface area contributed by atoms with Crippen molar-refractivity contribution in [1.82, 2.24) is 29.3 Å². The minimum atomic E-state index is -3.09. The van der Waals surface area contributed by atoms with Crippen LogP contribution >= 0.6 is 11.6 Å². The number of likely N-dealkylation sites (tertiary alicyclic amines) is 1. The zero-order chi connectivity index (χ0) is 26.1. The van der Waals surface area contributed by atoms with Gasteiger partial charge in [-0.1, -0.05) is 11.6 Å². The first-order valence-corrected chi connectivity index (χ1v) is 11.6. The molecule has 3 aromatic heterocycles. The van der Waals surface area contributed by atoms with Gasteiger partial charge in [0.15, 0.2) is 5.65 Å². The molecule has 2 amide bonds. The van der Waals surface area contributed by atoms with E-state index in [4.69, 9.17) is 16.3 Å². The van der Waals surface area contributed by atoms with Gasteiger partial charge in [0.05, 0.1) is 17.9 Å². The average molecular weight is 532 g/mol. The average Bonchev–Trinajstić information content (AvgIpc) is 3.49. The lowest BCUT2D eigenvalue weighted by Crippen LogP contribution is -2.38. The number of ether oxygens (including phenoxy) is 1. The van der Waals surface area contributed by atoms with Crippen LogP contribution in [0.15, 0.2) is 49.1 Å². The second-order valence-corrected chi connectivity index (χ2v) is 8.73. The van der Waals surface area contributed by atoms with E-state index in [1.54, 1.807) is 23.1 Å². The highest BCUT2D eigenvalue weighted by molar-refractivity contribution is 6.31. The van der Waals surface area contributed by atoms with E-state index in [0.717, 1.165) is 0 Å². The number of halogens is 3. The molecule has 1 aromatic carbocycles. The van der Waals surface area contributed by atoms with Crippen LogP contribution in [0, 0.1) is 0 Å². The standard InChI is InChI=1S/C23H20ClF2N7O4/c24-13-2-3-18(37-22(25)26)15(10-13)19-17(12-33(30-19)14-4-8-31(9-5-14)23(35)36)29-21(34)16-11-28-32-7-1-6-27-20(16)32/h1-3,6-7,10-12,14,22H,4-5,8-9H2,(H,29,34)(H,35,36). The predicted molar refractivity (Wildman–Crippen MR) is 128 cm³/mol. The normalized spacial score (nSPS) is 14.3. The maximum atomic E-state index is 13.2. The van der Waals surface area contributed by atoms with Crippen LogP contribution in [0.4, 0.5) is 19.3 Å². The van der Waals surface area contributed by atoms with Crippen LogP contribution in [0.2, 0.25) is 5.02 Å². The molecular formula is C23H20ClF2N7O4. The lowest BCUT2D eigenvalue weighted by Gasteiger charge is -2.30. The molecular weight excluding hydrogens is 512 g/mol. The van der Waals surface area contributed by atoms with Crippen molar-refractivity contribution in [3.8, 4) is 17.0 Å². The number of carbonyl (C=O) groups is 2. The molecule has 1 fully saturated rings. The van der Waals surface area contributed by atoms with Gasteiger partial charge in [-0.2, -0.15) is 19.0 Å². The summed E-state index contributed by atoms with van der Waals surface area (Å²) in [5, 5.41) is 21.0. The highest BCUT2D eigenvalue weighted by Crippen LogP contribution is 2.38. The van der Waals surface area contributed by atoms with Gasteiger partial charge in [-0.25, -0.2) is 14.3 Å². The van der Waals surface area contributed by atoms with Crippen LogP contribution < -0.4 is 10.1 Å². The number of nitrogens with zero attached hydrogens (tertiary/aromatic N) is 6. The molecule has 4 heterocycles. The second-order valence-electron chi connectivity index (χ2n) is 8.29. The third-order valence-electron chi connectivity index (χ3n) is 6.03. The fourth-order valence-corrected chi connectivity index (χ4v) is 4.43. The summed E-state index contributed by atoms with van der Waals surface area (Å²) in [6.45, 7) is -2.48. The first-order valence-electron chi connectivity index (χ1n) is 11.2. The zero-order valence-electron chi connectivity index (χ0n) is 19.1. The lowest BCUT2D eigenvalue weighted by atomic mass is 10.1. The van der Waals surface area contributed by atoms with Crippen molar-refractivity contribution < 1.29 is 28.2 Å². The second kappa shape index (κ2) is 10.0. The van der Waals surface area contributed by atoms with Gasteiger partial charge in [0.2, 0.25) is 0 Å². The summed E-state index contributed by atoms with van der Waals surface area (Å²) in [7, 11) is 0. The van der Waals surface area contributed by atoms with E-state index >= 15 is 0 Å². The number of benzene rings is 1. The summed E-state index contributed by atoms with van der Waals surface area (Å²) in [6, 6.07) is 5.62. The van der Waals surface area contributed by atoms with Crippen molar-refractivity contribution in [3.05, 3.63) is 59.6 Å². The first kappa shape index (κ1) is 24.4. The molecule has 0 atom stereocenters. The Morgan fingerprint density at radius 1 is 1.24 bits per heavy atom.